The molecule has 0 aromatic carbocycles. The number of thiophene rings is 1. The first-order chi connectivity index (χ1) is 19.6. The zero-order chi connectivity index (χ0) is 30.8. The predicted molar refractivity (Wildman–Crippen MR) is 146 cm³/mol. The van der Waals surface area contributed by atoms with Crippen molar-refractivity contribution in [2.75, 3.05) is 6.54 Å². The van der Waals surface area contributed by atoms with Gasteiger partial charge in [-0.15, -0.1) is 17.8 Å². The molecule has 2 N–H and O–H groups in total. The lowest BCUT2D eigenvalue weighted by Gasteiger charge is -2.35. The molecular formula is C29H30F3N5O4S. The largest absolute Gasteiger partial charge is 0.471 e. The van der Waals surface area contributed by atoms with E-state index in [9.17, 15) is 32.8 Å². The number of nitriles is 1. The summed E-state index contributed by atoms with van der Waals surface area (Å²) in [5, 5.41) is 16.9. The van der Waals surface area contributed by atoms with E-state index in [1.807, 2.05) is 19.2 Å². The number of carbonyl (C=O) groups excluding carboxylic acids is 3. The van der Waals surface area contributed by atoms with Gasteiger partial charge in [0, 0.05) is 40.8 Å². The van der Waals surface area contributed by atoms with Crippen molar-refractivity contribution in [1.29, 1.82) is 5.26 Å². The van der Waals surface area contributed by atoms with E-state index in [-0.39, 0.29) is 23.8 Å². The second kappa shape index (κ2) is 10.2. The number of aromatic nitrogens is 1. The van der Waals surface area contributed by atoms with Crippen LogP contribution in [0, 0.1) is 40.9 Å². The minimum Gasteiger partial charge on any atom is -0.370 e. The fraction of sp³-hybridized carbons (Fsp3) is 0.552. The van der Waals surface area contributed by atoms with Crippen LogP contribution in [0.2, 0.25) is 0 Å². The van der Waals surface area contributed by atoms with E-state index in [1.54, 1.807) is 18.5 Å². The SMILES string of the molecule is C#Cc1csc2cncc(C(C#N)NC(=O)[C@@H]3[C@@H]4[C@H](CN3C(=O)[C@@H](NC(=O)C(F)(F)F)[C@@H](C)OC3(C)CC3)C4(C)C)c12. The zero-order valence-electron chi connectivity index (χ0n) is 23.4. The number of fused-ring (bicyclic) bond motifs is 2. The number of hydrogen-bond donors (Lipinski definition) is 2. The van der Waals surface area contributed by atoms with Crippen molar-refractivity contribution >= 4 is 39.1 Å². The van der Waals surface area contributed by atoms with Gasteiger partial charge >= 0.3 is 12.1 Å². The zero-order valence-corrected chi connectivity index (χ0v) is 24.2. The molecule has 2 aromatic heterocycles. The van der Waals surface area contributed by atoms with Gasteiger partial charge < -0.3 is 20.3 Å². The van der Waals surface area contributed by atoms with E-state index >= 15 is 0 Å². The smallest absolute Gasteiger partial charge is 0.370 e. The number of halogens is 3. The summed E-state index contributed by atoms with van der Waals surface area (Å²) in [4.78, 5) is 45.1. The fourth-order valence-corrected chi connectivity index (χ4v) is 7.05. The molecule has 42 heavy (non-hydrogen) atoms. The van der Waals surface area contributed by atoms with Gasteiger partial charge in [-0.25, -0.2) is 0 Å². The molecule has 6 atom stereocenters. The van der Waals surface area contributed by atoms with Gasteiger partial charge in [0.05, 0.1) is 22.5 Å². The second-order valence-corrected chi connectivity index (χ2v) is 13.0. The quantitative estimate of drug-likeness (QED) is 0.447. The first-order valence-electron chi connectivity index (χ1n) is 13.5. The van der Waals surface area contributed by atoms with Gasteiger partial charge in [-0.2, -0.15) is 18.4 Å². The number of piperidine rings is 1. The van der Waals surface area contributed by atoms with Crippen LogP contribution in [-0.2, 0) is 19.1 Å². The number of ether oxygens (including phenoxy) is 1. The van der Waals surface area contributed by atoms with Gasteiger partial charge in [-0.3, -0.25) is 19.4 Å². The molecule has 1 saturated heterocycles. The molecule has 13 heteroatoms. The van der Waals surface area contributed by atoms with Gasteiger partial charge in [-0.1, -0.05) is 19.8 Å². The number of amides is 3. The maximum Gasteiger partial charge on any atom is 0.471 e. The van der Waals surface area contributed by atoms with Crippen molar-refractivity contribution < 1.29 is 32.3 Å². The number of pyridine rings is 1. The van der Waals surface area contributed by atoms with E-state index in [2.05, 4.69) is 22.3 Å². The molecule has 9 nitrogen and oxygen atoms in total. The van der Waals surface area contributed by atoms with Gasteiger partial charge in [0.2, 0.25) is 11.8 Å². The summed E-state index contributed by atoms with van der Waals surface area (Å²) in [6.45, 7) is 7.21. The van der Waals surface area contributed by atoms with Crippen LogP contribution in [0.15, 0.2) is 17.8 Å². The van der Waals surface area contributed by atoms with Crippen LogP contribution in [0.3, 0.4) is 0 Å². The lowest BCUT2D eigenvalue weighted by molar-refractivity contribution is -0.177. The van der Waals surface area contributed by atoms with Gasteiger partial charge in [-0.05, 0) is 43.9 Å². The number of nitrogens with one attached hydrogen (secondary N) is 2. The topological polar surface area (TPSA) is 124 Å². The van der Waals surface area contributed by atoms with Crippen LogP contribution in [0.5, 0.6) is 0 Å². The Morgan fingerprint density at radius 2 is 1.93 bits per heavy atom. The normalized spacial score (nSPS) is 25.4. The van der Waals surface area contributed by atoms with E-state index in [0.717, 1.165) is 4.70 Å². The van der Waals surface area contributed by atoms with Gasteiger partial charge in [0.1, 0.15) is 18.1 Å². The first kappa shape index (κ1) is 29.8. The van der Waals surface area contributed by atoms with E-state index in [0.29, 0.717) is 29.4 Å². The highest BCUT2D eigenvalue weighted by atomic mass is 32.1. The van der Waals surface area contributed by atoms with Crippen LogP contribution in [0.4, 0.5) is 13.2 Å². The fourth-order valence-electron chi connectivity index (χ4n) is 6.15. The molecule has 0 bridgehead atoms. The summed E-state index contributed by atoms with van der Waals surface area (Å²) in [6.07, 6.45) is 3.72. The first-order valence-corrected chi connectivity index (χ1v) is 14.4. The summed E-state index contributed by atoms with van der Waals surface area (Å²) >= 11 is 1.35. The third kappa shape index (κ3) is 5.20. The minimum absolute atomic E-state index is 0.0936. The van der Waals surface area contributed by atoms with Crippen molar-refractivity contribution in [3.8, 4) is 18.4 Å². The number of nitrogens with zero attached hydrogens (tertiary/aromatic N) is 3. The second-order valence-electron chi connectivity index (χ2n) is 12.1. The Morgan fingerprint density at radius 1 is 1.24 bits per heavy atom. The van der Waals surface area contributed by atoms with E-state index in [4.69, 9.17) is 11.2 Å². The molecular weight excluding hydrogens is 571 g/mol. The molecule has 222 valence electrons. The van der Waals surface area contributed by atoms with Crippen LogP contribution < -0.4 is 10.6 Å². The van der Waals surface area contributed by atoms with Crippen molar-refractivity contribution in [3.05, 3.63) is 28.9 Å². The summed E-state index contributed by atoms with van der Waals surface area (Å²) in [5.41, 5.74) is 0.0290. The molecule has 3 heterocycles. The summed E-state index contributed by atoms with van der Waals surface area (Å²) in [5.74, 6) is -1.57. The Morgan fingerprint density at radius 3 is 2.52 bits per heavy atom. The molecule has 0 spiro atoms. The molecule has 1 aliphatic heterocycles. The standard InChI is InChI=1S/C29H30F3N5O4S/c1-6-15-13-42-19-11-34-10-16(20(15)19)18(9-33)35-24(38)23-21-17(27(21,3)4)12-37(23)25(39)22(36-26(40)29(30,31)32)14(2)41-28(5)7-8-28/h1,10-11,13-14,17-18,21-23H,7-8,12H2,2-5H3,(H,35,38)(H,36,40)/t14-,17+,18?,21+,22+,23+/m1/s1. The molecule has 2 saturated carbocycles. The predicted octanol–water partition coefficient (Wildman–Crippen LogP) is 3.45. The third-order valence-corrected chi connectivity index (χ3v) is 9.78. The Balaban J connectivity index is 1.43. The maximum absolute atomic E-state index is 13.9. The van der Waals surface area contributed by atoms with Crippen molar-refractivity contribution in [1.82, 2.24) is 20.5 Å². The lowest BCUT2D eigenvalue weighted by atomic mass is 9.98. The third-order valence-electron chi connectivity index (χ3n) is 8.86. The summed E-state index contributed by atoms with van der Waals surface area (Å²) in [7, 11) is 0. The molecule has 3 amide bonds. The molecule has 5 rings (SSSR count). The summed E-state index contributed by atoms with van der Waals surface area (Å²) < 4.78 is 46.3. The van der Waals surface area contributed by atoms with Crippen LogP contribution in [-0.4, -0.2) is 64.1 Å². The van der Waals surface area contributed by atoms with Gasteiger partial charge in [0.15, 0.2) is 0 Å². The monoisotopic (exact) mass is 601 g/mol. The van der Waals surface area contributed by atoms with Crippen LogP contribution >= 0.6 is 11.3 Å². The number of terminal acetylenes is 1. The molecule has 0 radical (unpaired) electrons. The number of hydrogen-bond acceptors (Lipinski definition) is 7. The van der Waals surface area contributed by atoms with Crippen molar-refractivity contribution in [2.24, 2.45) is 17.3 Å². The number of alkyl halides is 3. The van der Waals surface area contributed by atoms with Gasteiger partial charge in [0.25, 0.3) is 0 Å². The minimum atomic E-state index is -5.22. The van der Waals surface area contributed by atoms with E-state index in [1.165, 1.54) is 29.4 Å². The Bertz CT molecular complexity index is 1540. The number of likely N-dealkylation sites (tertiary alicyclic amines) is 1. The highest BCUT2D eigenvalue weighted by Gasteiger charge is 2.70. The Kier molecular flexibility index (Phi) is 7.27. The summed E-state index contributed by atoms with van der Waals surface area (Å²) in [6, 6.07) is -1.85. The van der Waals surface area contributed by atoms with Crippen LogP contribution in [0.1, 0.15) is 57.7 Å². The molecule has 3 fully saturated rings. The molecule has 3 aliphatic rings. The van der Waals surface area contributed by atoms with Crippen molar-refractivity contribution in [3.63, 3.8) is 0 Å². The van der Waals surface area contributed by atoms with E-state index < -0.39 is 53.7 Å². The molecule has 2 aliphatic carbocycles. The highest BCUT2D eigenvalue weighted by Crippen LogP contribution is 2.65. The Hall–Kier alpha value is -3.68. The molecule has 1 unspecified atom stereocenters. The lowest BCUT2D eigenvalue weighted by Crippen LogP contribution is -2.60. The average molecular weight is 602 g/mol. The van der Waals surface area contributed by atoms with Crippen molar-refractivity contribution in [2.45, 2.75) is 76.5 Å². The number of carbonyl (C=O) groups is 3. The Labute approximate surface area is 244 Å². The number of rotatable bonds is 8. The van der Waals surface area contributed by atoms with Crippen LogP contribution in [0.25, 0.3) is 10.1 Å². The molecule has 2 aromatic rings. The highest BCUT2D eigenvalue weighted by molar-refractivity contribution is 7.17. The maximum atomic E-state index is 13.9. The average Bonchev–Trinajstić information content (AvgIpc) is 3.57.